The maximum atomic E-state index is 13.3. The van der Waals surface area contributed by atoms with Crippen LogP contribution in [0, 0.1) is 12.7 Å². The normalized spacial score (nSPS) is 10.1. The summed E-state index contributed by atoms with van der Waals surface area (Å²) in [6.45, 7) is 2.11. The second-order valence-corrected chi connectivity index (χ2v) is 4.13. The summed E-state index contributed by atoms with van der Waals surface area (Å²) >= 11 is 0. The van der Waals surface area contributed by atoms with Crippen molar-refractivity contribution in [3.63, 3.8) is 0 Å². The highest BCUT2D eigenvalue weighted by Gasteiger charge is 2.07. The molecule has 0 heterocycles. The van der Waals surface area contributed by atoms with E-state index in [1.807, 2.05) is 30.3 Å². The van der Waals surface area contributed by atoms with Crippen molar-refractivity contribution >= 4 is 5.91 Å². The second kappa shape index (κ2) is 5.45. The molecule has 3 heteroatoms. The maximum Gasteiger partial charge on any atom is 0.251 e. The number of aryl methyl sites for hydroxylation is 1. The Morgan fingerprint density at radius 2 is 1.89 bits per heavy atom. The highest BCUT2D eigenvalue weighted by molar-refractivity contribution is 5.94. The SMILES string of the molecule is Cc1ccc(C(=O)NCc2ccccc2)cc1F. The Hall–Kier alpha value is -2.16. The largest absolute Gasteiger partial charge is 0.348 e. The topological polar surface area (TPSA) is 29.1 Å². The first-order valence-electron chi connectivity index (χ1n) is 5.75. The van der Waals surface area contributed by atoms with Crippen LogP contribution in [-0.2, 0) is 6.54 Å². The average Bonchev–Trinajstić information content (AvgIpc) is 2.40. The van der Waals surface area contributed by atoms with E-state index in [1.54, 1.807) is 19.1 Å². The summed E-state index contributed by atoms with van der Waals surface area (Å²) in [7, 11) is 0. The van der Waals surface area contributed by atoms with Gasteiger partial charge in [-0.1, -0.05) is 36.4 Å². The summed E-state index contributed by atoms with van der Waals surface area (Å²) in [5.41, 5.74) is 1.89. The van der Waals surface area contributed by atoms with Gasteiger partial charge in [-0.15, -0.1) is 0 Å². The Balaban J connectivity index is 2.02. The van der Waals surface area contributed by atoms with E-state index < -0.39 is 0 Å². The lowest BCUT2D eigenvalue weighted by molar-refractivity contribution is 0.0950. The quantitative estimate of drug-likeness (QED) is 0.882. The van der Waals surface area contributed by atoms with Crippen LogP contribution in [0.3, 0.4) is 0 Å². The van der Waals surface area contributed by atoms with E-state index in [-0.39, 0.29) is 11.7 Å². The number of rotatable bonds is 3. The number of hydrogen-bond donors (Lipinski definition) is 1. The predicted molar refractivity (Wildman–Crippen MR) is 68.7 cm³/mol. The van der Waals surface area contributed by atoms with Crippen molar-refractivity contribution in [2.45, 2.75) is 13.5 Å². The third kappa shape index (κ3) is 2.94. The molecule has 2 rings (SSSR count). The number of amides is 1. The molecule has 0 spiro atoms. The molecule has 2 aromatic carbocycles. The molecule has 0 unspecified atom stereocenters. The van der Waals surface area contributed by atoms with Crippen LogP contribution in [0.25, 0.3) is 0 Å². The van der Waals surface area contributed by atoms with Crippen LogP contribution in [0.4, 0.5) is 4.39 Å². The number of carbonyl (C=O) groups excluding carboxylic acids is 1. The molecule has 0 aromatic heterocycles. The van der Waals surface area contributed by atoms with E-state index in [0.29, 0.717) is 17.7 Å². The summed E-state index contributed by atoms with van der Waals surface area (Å²) < 4.78 is 13.3. The van der Waals surface area contributed by atoms with Gasteiger partial charge in [0.15, 0.2) is 0 Å². The lowest BCUT2D eigenvalue weighted by Gasteiger charge is -2.06. The summed E-state index contributed by atoms with van der Waals surface area (Å²) in [5, 5.41) is 2.76. The summed E-state index contributed by atoms with van der Waals surface area (Å²) in [6, 6.07) is 14.1. The first-order chi connectivity index (χ1) is 8.66. The molecule has 0 radical (unpaired) electrons. The number of halogens is 1. The summed E-state index contributed by atoms with van der Waals surface area (Å²) in [4.78, 5) is 11.8. The molecule has 92 valence electrons. The molecule has 0 saturated carbocycles. The van der Waals surface area contributed by atoms with Gasteiger partial charge >= 0.3 is 0 Å². The third-order valence-electron chi connectivity index (χ3n) is 2.73. The van der Waals surface area contributed by atoms with Crippen molar-refractivity contribution in [3.8, 4) is 0 Å². The predicted octanol–water partition coefficient (Wildman–Crippen LogP) is 3.06. The fourth-order valence-electron chi connectivity index (χ4n) is 1.61. The van der Waals surface area contributed by atoms with Gasteiger partial charge in [-0.25, -0.2) is 4.39 Å². The van der Waals surface area contributed by atoms with E-state index in [4.69, 9.17) is 0 Å². The van der Waals surface area contributed by atoms with Gasteiger partial charge in [-0.05, 0) is 30.2 Å². The average molecular weight is 243 g/mol. The molecular weight excluding hydrogens is 229 g/mol. The van der Waals surface area contributed by atoms with Crippen LogP contribution in [-0.4, -0.2) is 5.91 Å². The van der Waals surface area contributed by atoms with Gasteiger partial charge in [-0.3, -0.25) is 4.79 Å². The molecule has 2 aromatic rings. The molecule has 2 nitrogen and oxygen atoms in total. The smallest absolute Gasteiger partial charge is 0.251 e. The maximum absolute atomic E-state index is 13.3. The zero-order valence-corrected chi connectivity index (χ0v) is 10.1. The van der Waals surface area contributed by atoms with Crippen molar-refractivity contribution in [2.24, 2.45) is 0 Å². The minimum Gasteiger partial charge on any atom is -0.348 e. The van der Waals surface area contributed by atoms with E-state index in [1.165, 1.54) is 6.07 Å². The lowest BCUT2D eigenvalue weighted by Crippen LogP contribution is -2.22. The highest BCUT2D eigenvalue weighted by atomic mass is 19.1. The van der Waals surface area contributed by atoms with E-state index >= 15 is 0 Å². The summed E-state index contributed by atoms with van der Waals surface area (Å²) in [5.74, 6) is -0.625. The fraction of sp³-hybridized carbons (Fsp3) is 0.133. The molecule has 18 heavy (non-hydrogen) atoms. The minimum absolute atomic E-state index is 0.266. The monoisotopic (exact) mass is 243 g/mol. The molecule has 0 saturated heterocycles. The van der Waals surface area contributed by atoms with Crippen molar-refractivity contribution in [1.29, 1.82) is 0 Å². The summed E-state index contributed by atoms with van der Waals surface area (Å²) in [6.07, 6.45) is 0. The number of carbonyl (C=O) groups is 1. The Morgan fingerprint density at radius 3 is 2.56 bits per heavy atom. The molecule has 1 N–H and O–H groups in total. The van der Waals surface area contributed by atoms with Crippen molar-refractivity contribution in [1.82, 2.24) is 5.32 Å². The molecule has 0 aliphatic heterocycles. The lowest BCUT2D eigenvalue weighted by atomic mass is 10.1. The van der Waals surface area contributed by atoms with Crippen LogP contribution in [0.1, 0.15) is 21.5 Å². The molecule has 1 amide bonds. The Morgan fingerprint density at radius 1 is 1.17 bits per heavy atom. The number of nitrogens with one attached hydrogen (secondary N) is 1. The number of benzene rings is 2. The number of hydrogen-bond acceptors (Lipinski definition) is 1. The molecule has 0 aliphatic carbocycles. The van der Waals surface area contributed by atoms with Gasteiger partial charge in [-0.2, -0.15) is 0 Å². The molecular formula is C15H14FNO. The van der Waals surface area contributed by atoms with E-state index in [0.717, 1.165) is 5.56 Å². The van der Waals surface area contributed by atoms with Gasteiger partial charge in [0.2, 0.25) is 0 Å². The van der Waals surface area contributed by atoms with Crippen molar-refractivity contribution in [2.75, 3.05) is 0 Å². The zero-order chi connectivity index (χ0) is 13.0. The Labute approximate surface area is 105 Å². The van der Waals surface area contributed by atoms with Gasteiger partial charge in [0.25, 0.3) is 5.91 Å². The minimum atomic E-state index is -0.359. The van der Waals surface area contributed by atoms with Gasteiger partial charge in [0, 0.05) is 12.1 Å². The van der Waals surface area contributed by atoms with Gasteiger partial charge in [0.1, 0.15) is 5.82 Å². The Bertz CT molecular complexity index is 552. The van der Waals surface area contributed by atoms with Crippen molar-refractivity contribution in [3.05, 3.63) is 71.0 Å². The molecule has 0 atom stereocenters. The second-order valence-electron chi connectivity index (χ2n) is 4.13. The van der Waals surface area contributed by atoms with Crippen LogP contribution < -0.4 is 5.32 Å². The van der Waals surface area contributed by atoms with Gasteiger partial charge in [0.05, 0.1) is 0 Å². The molecule has 0 fully saturated rings. The molecule has 0 aliphatic rings. The van der Waals surface area contributed by atoms with Crippen LogP contribution in [0.5, 0.6) is 0 Å². The van der Waals surface area contributed by atoms with E-state index in [2.05, 4.69) is 5.32 Å². The van der Waals surface area contributed by atoms with E-state index in [9.17, 15) is 9.18 Å². The Kier molecular flexibility index (Phi) is 3.72. The zero-order valence-electron chi connectivity index (χ0n) is 10.1. The van der Waals surface area contributed by atoms with Crippen LogP contribution in [0.2, 0.25) is 0 Å². The highest BCUT2D eigenvalue weighted by Crippen LogP contribution is 2.09. The van der Waals surface area contributed by atoms with Crippen LogP contribution >= 0.6 is 0 Å². The standard InChI is InChI=1S/C15H14FNO/c1-11-7-8-13(9-14(11)16)15(18)17-10-12-5-3-2-4-6-12/h2-9H,10H2,1H3,(H,17,18). The first kappa shape index (κ1) is 12.3. The first-order valence-corrected chi connectivity index (χ1v) is 5.75. The fourth-order valence-corrected chi connectivity index (χ4v) is 1.61. The van der Waals surface area contributed by atoms with Crippen LogP contribution in [0.15, 0.2) is 48.5 Å². The van der Waals surface area contributed by atoms with Crippen molar-refractivity contribution < 1.29 is 9.18 Å². The van der Waals surface area contributed by atoms with Gasteiger partial charge < -0.3 is 5.32 Å². The molecule has 0 bridgehead atoms. The third-order valence-corrected chi connectivity index (χ3v) is 2.73.